The van der Waals surface area contributed by atoms with Gasteiger partial charge in [-0.05, 0) is 19.0 Å². The van der Waals surface area contributed by atoms with E-state index in [9.17, 15) is 0 Å². The predicted octanol–water partition coefficient (Wildman–Crippen LogP) is 1.83. The highest BCUT2D eigenvalue weighted by Crippen LogP contribution is 2.17. The van der Waals surface area contributed by atoms with Crippen molar-refractivity contribution in [1.29, 1.82) is 0 Å². The van der Waals surface area contributed by atoms with Crippen molar-refractivity contribution >= 4 is 0 Å². The third-order valence-electron chi connectivity index (χ3n) is 3.31. The molecule has 2 atom stereocenters. The molecule has 1 N–H and O–H groups in total. The molecular weight excluding hydrogens is 214 g/mol. The Morgan fingerprint density at radius 1 is 1.41 bits per heavy atom. The van der Waals surface area contributed by atoms with Gasteiger partial charge in [0.2, 0.25) is 0 Å². The Kier molecular flexibility index (Phi) is 4.98. The lowest BCUT2D eigenvalue weighted by atomic mass is 10.00. The smallest absolute Gasteiger partial charge is 0.0717 e. The highest BCUT2D eigenvalue weighted by Gasteiger charge is 2.24. The lowest BCUT2D eigenvalue weighted by Crippen LogP contribution is -2.38. The second-order valence-corrected chi connectivity index (χ2v) is 4.52. The molecule has 0 aliphatic carbocycles. The summed E-state index contributed by atoms with van der Waals surface area (Å²) in [5, 5.41) is 3.33. The SMILES string of the molecule is CNC(COCc1ccccc1)C1CCOC1. The van der Waals surface area contributed by atoms with Crippen LogP contribution in [0.1, 0.15) is 12.0 Å². The lowest BCUT2D eigenvalue weighted by molar-refractivity contribution is 0.0793. The van der Waals surface area contributed by atoms with E-state index in [1.54, 1.807) is 0 Å². The Balaban J connectivity index is 1.72. The minimum atomic E-state index is 0.404. The molecule has 17 heavy (non-hydrogen) atoms. The molecule has 94 valence electrons. The van der Waals surface area contributed by atoms with Crippen molar-refractivity contribution in [1.82, 2.24) is 5.32 Å². The molecule has 3 nitrogen and oxygen atoms in total. The number of ether oxygens (including phenoxy) is 2. The van der Waals surface area contributed by atoms with Crippen molar-refractivity contribution in [2.24, 2.45) is 5.92 Å². The average molecular weight is 235 g/mol. The van der Waals surface area contributed by atoms with E-state index in [-0.39, 0.29) is 0 Å². The van der Waals surface area contributed by atoms with Gasteiger partial charge in [-0.25, -0.2) is 0 Å². The lowest BCUT2D eigenvalue weighted by Gasteiger charge is -2.21. The standard InChI is InChI=1S/C14H21NO2/c1-15-14(13-7-8-16-10-13)11-17-9-12-5-3-2-4-6-12/h2-6,13-15H,7-11H2,1H3. The van der Waals surface area contributed by atoms with Gasteiger partial charge in [-0.2, -0.15) is 0 Å². The molecule has 0 amide bonds. The fourth-order valence-corrected chi connectivity index (χ4v) is 2.20. The Morgan fingerprint density at radius 3 is 2.88 bits per heavy atom. The van der Waals surface area contributed by atoms with Gasteiger partial charge in [-0.1, -0.05) is 30.3 Å². The summed E-state index contributed by atoms with van der Waals surface area (Å²) < 4.78 is 11.2. The molecule has 0 spiro atoms. The molecule has 2 rings (SSSR count). The quantitative estimate of drug-likeness (QED) is 0.816. The maximum atomic E-state index is 5.77. The van der Waals surface area contributed by atoms with E-state index in [1.165, 1.54) is 5.56 Å². The van der Waals surface area contributed by atoms with E-state index >= 15 is 0 Å². The Labute approximate surface area is 103 Å². The van der Waals surface area contributed by atoms with Gasteiger partial charge in [0.25, 0.3) is 0 Å². The first-order chi connectivity index (χ1) is 8.40. The minimum Gasteiger partial charge on any atom is -0.381 e. The fraction of sp³-hybridized carbons (Fsp3) is 0.571. The van der Waals surface area contributed by atoms with Crippen LogP contribution in [0, 0.1) is 5.92 Å². The number of likely N-dealkylation sites (N-methyl/N-ethyl adjacent to an activating group) is 1. The first-order valence-corrected chi connectivity index (χ1v) is 6.27. The van der Waals surface area contributed by atoms with Crippen LogP contribution in [-0.4, -0.2) is 32.9 Å². The number of benzene rings is 1. The second-order valence-electron chi connectivity index (χ2n) is 4.52. The monoisotopic (exact) mass is 235 g/mol. The van der Waals surface area contributed by atoms with Gasteiger partial charge in [0.1, 0.15) is 0 Å². The van der Waals surface area contributed by atoms with E-state index in [0.717, 1.165) is 26.2 Å². The largest absolute Gasteiger partial charge is 0.381 e. The van der Waals surface area contributed by atoms with Gasteiger partial charge in [-0.15, -0.1) is 0 Å². The third kappa shape index (κ3) is 3.80. The summed E-state index contributed by atoms with van der Waals surface area (Å²) in [5.41, 5.74) is 1.23. The van der Waals surface area contributed by atoms with Crippen LogP contribution < -0.4 is 5.32 Å². The van der Waals surface area contributed by atoms with Crippen LogP contribution in [0.4, 0.5) is 0 Å². The van der Waals surface area contributed by atoms with Crippen LogP contribution in [-0.2, 0) is 16.1 Å². The van der Waals surface area contributed by atoms with Crippen molar-refractivity contribution in [3.8, 4) is 0 Å². The molecule has 1 aliphatic heterocycles. The summed E-state index contributed by atoms with van der Waals surface area (Å²) in [6.45, 7) is 3.19. The summed E-state index contributed by atoms with van der Waals surface area (Å²) in [6.07, 6.45) is 1.14. The van der Waals surface area contributed by atoms with Crippen LogP contribution in [0.15, 0.2) is 30.3 Å². The molecule has 3 heteroatoms. The third-order valence-corrected chi connectivity index (χ3v) is 3.31. The molecule has 0 bridgehead atoms. The van der Waals surface area contributed by atoms with Crippen LogP contribution in [0.3, 0.4) is 0 Å². The van der Waals surface area contributed by atoms with Gasteiger partial charge < -0.3 is 14.8 Å². The Hall–Kier alpha value is -0.900. The van der Waals surface area contributed by atoms with Crippen LogP contribution in [0.25, 0.3) is 0 Å². The molecule has 1 heterocycles. The molecule has 1 aromatic carbocycles. The first kappa shape index (κ1) is 12.6. The zero-order valence-corrected chi connectivity index (χ0v) is 10.4. The molecule has 0 aromatic heterocycles. The number of hydrogen-bond acceptors (Lipinski definition) is 3. The molecule has 0 radical (unpaired) electrons. The van der Waals surface area contributed by atoms with E-state index < -0.39 is 0 Å². The van der Waals surface area contributed by atoms with Gasteiger partial charge in [0, 0.05) is 18.6 Å². The van der Waals surface area contributed by atoms with Crippen molar-refractivity contribution in [2.75, 3.05) is 26.9 Å². The molecule has 1 saturated heterocycles. The van der Waals surface area contributed by atoms with Crippen molar-refractivity contribution < 1.29 is 9.47 Å². The van der Waals surface area contributed by atoms with Gasteiger partial charge in [0.05, 0.1) is 19.8 Å². The molecular formula is C14H21NO2. The van der Waals surface area contributed by atoms with Crippen LogP contribution >= 0.6 is 0 Å². The fourth-order valence-electron chi connectivity index (χ4n) is 2.20. The summed E-state index contributed by atoms with van der Waals surface area (Å²) in [5.74, 6) is 0.593. The zero-order chi connectivity index (χ0) is 11.9. The summed E-state index contributed by atoms with van der Waals surface area (Å²) in [4.78, 5) is 0. The van der Waals surface area contributed by atoms with E-state index in [0.29, 0.717) is 18.6 Å². The van der Waals surface area contributed by atoms with Crippen LogP contribution in [0.2, 0.25) is 0 Å². The summed E-state index contributed by atoms with van der Waals surface area (Å²) >= 11 is 0. The molecule has 1 fully saturated rings. The maximum absolute atomic E-state index is 5.77. The molecule has 0 saturated carbocycles. The highest BCUT2D eigenvalue weighted by molar-refractivity contribution is 5.13. The summed E-state index contributed by atoms with van der Waals surface area (Å²) in [6, 6.07) is 10.7. The summed E-state index contributed by atoms with van der Waals surface area (Å²) in [7, 11) is 1.99. The second kappa shape index (κ2) is 6.74. The van der Waals surface area contributed by atoms with Gasteiger partial charge in [0.15, 0.2) is 0 Å². The molecule has 1 aliphatic rings. The van der Waals surface area contributed by atoms with Crippen molar-refractivity contribution in [3.05, 3.63) is 35.9 Å². The van der Waals surface area contributed by atoms with Crippen molar-refractivity contribution in [2.45, 2.75) is 19.1 Å². The van der Waals surface area contributed by atoms with Crippen molar-refractivity contribution in [3.63, 3.8) is 0 Å². The molecule has 1 aromatic rings. The Morgan fingerprint density at radius 2 is 2.24 bits per heavy atom. The van der Waals surface area contributed by atoms with Gasteiger partial charge in [-0.3, -0.25) is 0 Å². The number of nitrogens with one attached hydrogen (secondary N) is 1. The first-order valence-electron chi connectivity index (χ1n) is 6.27. The topological polar surface area (TPSA) is 30.5 Å². The number of rotatable bonds is 6. The Bertz CT molecular complexity index is 309. The molecule has 2 unspecified atom stereocenters. The highest BCUT2D eigenvalue weighted by atomic mass is 16.5. The van der Waals surface area contributed by atoms with E-state index in [1.807, 2.05) is 25.2 Å². The maximum Gasteiger partial charge on any atom is 0.0717 e. The zero-order valence-electron chi connectivity index (χ0n) is 10.4. The average Bonchev–Trinajstić information content (AvgIpc) is 2.90. The normalized spacial score (nSPS) is 21.6. The predicted molar refractivity (Wildman–Crippen MR) is 67.9 cm³/mol. The van der Waals surface area contributed by atoms with Crippen LogP contribution in [0.5, 0.6) is 0 Å². The van der Waals surface area contributed by atoms with E-state index in [4.69, 9.17) is 9.47 Å². The minimum absolute atomic E-state index is 0.404. The van der Waals surface area contributed by atoms with E-state index in [2.05, 4.69) is 17.4 Å². The number of hydrogen-bond donors (Lipinski definition) is 1. The van der Waals surface area contributed by atoms with Gasteiger partial charge >= 0.3 is 0 Å².